The quantitative estimate of drug-likeness (QED) is 0.683. The van der Waals surface area contributed by atoms with Crippen molar-refractivity contribution in [2.75, 3.05) is 13.2 Å². The van der Waals surface area contributed by atoms with Crippen LogP contribution in [0.2, 0.25) is 0 Å². The molecule has 2 heterocycles. The molecule has 0 saturated heterocycles. The standard InChI is InChI=1S/C19H19N3O3S.ClH/c1-11(20)19(24)22-6-7-25-17-13(10-22)8-12(9-15(17)23)18-21-14-4-2-3-5-16(14)26-18;/h2-5,8-9,11,23H,6-7,10,20H2,1H3;1H/t11-;/m1./s1. The highest BCUT2D eigenvalue weighted by atomic mass is 35.5. The summed E-state index contributed by atoms with van der Waals surface area (Å²) in [6, 6.07) is 10.9. The summed E-state index contributed by atoms with van der Waals surface area (Å²) < 4.78 is 6.77. The maximum atomic E-state index is 12.3. The number of aromatic hydroxyl groups is 1. The van der Waals surface area contributed by atoms with Gasteiger partial charge in [-0.15, -0.1) is 23.7 Å². The first-order valence-electron chi connectivity index (χ1n) is 8.42. The molecule has 0 spiro atoms. The van der Waals surface area contributed by atoms with E-state index in [4.69, 9.17) is 10.5 Å². The van der Waals surface area contributed by atoms with Gasteiger partial charge in [0.1, 0.15) is 11.6 Å². The molecule has 4 rings (SSSR count). The molecule has 3 aromatic rings. The number of hydrogen-bond donors (Lipinski definition) is 2. The number of amides is 1. The third-order valence-corrected chi connectivity index (χ3v) is 5.44. The van der Waals surface area contributed by atoms with Gasteiger partial charge in [-0.3, -0.25) is 4.79 Å². The van der Waals surface area contributed by atoms with E-state index in [1.165, 1.54) is 0 Å². The topological polar surface area (TPSA) is 88.7 Å². The average Bonchev–Trinajstić information content (AvgIpc) is 2.94. The fourth-order valence-electron chi connectivity index (χ4n) is 3.09. The van der Waals surface area contributed by atoms with Crippen LogP contribution in [0, 0.1) is 0 Å². The number of halogens is 1. The largest absolute Gasteiger partial charge is 0.504 e. The molecule has 0 aliphatic carbocycles. The normalized spacial score (nSPS) is 14.7. The number of rotatable bonds is 2. The van der Waals surface area contributed by atoms with Gasteiger partial charge in [0, 0.05) is 17.7 Å². The van der Waals surface area contributed by atoms with Crippen LogP contribution in [-0.4, -0.2) is 40.1 Å². The van der Waals surface area contributed by atoms with Crippen LogP contribution in [0.4, 0.5) is 0 Å². The van der Waals surface area contributed by atoms with Gasteiger partial charge in [0.2, 0.25) is 5.91 Å². The van der Waals surface area contributed by atoms with Gasteiger partial charge in [-0.05, 0) is 31.2 Å². The Morgan fingerprint density at radius 2 is 2.15 bits per heavy atom. The molecule has 2 aromatic carbocycles. The lowest BCUT2D eigenvalue weighted by molar-refractivity contribution is -0.132. The molecule has 8 heteroatoms. The van der Waals surface area contributed by atoms with Crippen LogP contribution in [-0.2, 0) is 11.3 Å². The van der Waals surface area contributed by atoms with Crippen molar-refractivity contribution in [2.45, 2.75) is 19.5 Å². The smallest absolute Gasteiger partial charge is 0.239 e. The molecular weight excluding hydrogens is 386 g/mol. The molecule has 1 aliphatic heterocycles. The Bertz CT molecular complexity index is 956. The molecule has 6 nitrogen and oxygen atoms in total. The second-order valence-electron chi connectivity index (χ2n) is 6.37. The van der Waals surface area contributed by atoms with Crippen LogP contribution >= 0.6 is 23.7 Å². The third-order valence-electron chi connectivity index (χ3n) is 4.36. The van der Waals surface area contributed by atoms with Gasteiger partial charge in [0.25, 0.3) is 0 Å². The SMILES string of the molecule is C[C@@H](N)C(=O)N1CCOc2c(O)cc(-c3nc4ccccc4s3)cc2C1.Cl. The molecule has 0 saturated carbocycles. The van der Waals surface area contributed by atoms with E-state index in [2.05, 4.69) is 4.98 Å². The van der Waals surface area contributed by atoms with Crippen LogP contribution in [0.15, 0.2) is 36.4 Å². The van der Waals surface area contributed by atoms with E-state index in [9.17, 15) is 9.90 Å². The summed E-state index contributed by atoms with van der Waals surface area (Å²) in [5.74, 6) is 0.355. The number of thiazole rings is 1. The Kier molecular flexibility index (Phi) is 5.55. The predicted octanol–water partition coefficient (Wildman–Crippen LogP) is 3.16. The zero-order valence-electron chi connectivity index (χ0n) is 14.7. The molecule has 142 valence electrons. The third kappa shape index (κ3) is 3.71. The second-order valence-corrected chi connectivity index (χ2v) is 7.40. The zero-order valence-corrected chi connectivity index (χ0v) is 16.3. The molecule has 0 radical (unpaired) electrons. The second kappa shape index (κ2) is 7.72. The number of nitrogens with two attached hydrogens (primary N) is 1. The zero-order chi connectivity index (χ0) is 18.3. The average molecular weight is 406 g/mol. The molecule has 0 bridgehead atoms. The van der Waals surface area contributed by atoms with Gasteiger partial charge in [-0.2, -0.15) is 0 Å². The Labute approximate surface area is 167 Å². The highest BCUT2D eigenvalue weighted by Gasteiger charge is 2.25. The number of carbonyl (C=O) groups excluding carboxylic acids is 1. The van der Waals surface area contributed by atoms with Gasteiger partial charge in [0.05, 0.1) is 22.8 Å². The summed E-state index contributed by atoms with van der Waals surface area (Å²) >= 11 is 1.56. The van der Waals surface area contributed by atoms with Crippen LogP contribution in [0.5, 0.6) is 11.5 Å². The number of fused-ring (bicyclic) bond motifs is 2. The Balaban J connectivity index is 0.00000210. The number of phenols is 1. The van der Waals surface area contributed by atoms with Crippen molar-refractivity contribution < 1.29 is 14.6 Å². The van der Waals surface area contributed by atoms with Crippen LogP contribution in [0.3, 0.4) is 0 Å². The molecule has 0 unspecified atom stereocenters. The van der Waals surface area contributed by atoms with Crippen molar-refractivity contribution in [2.24, 2.45) is 5.73 Å². The van der Waals surface area contributed by atoms with Crippen molar-refractivity contribution in [1.29, 1.82) is 0 Å². The fourth-order valence-corrected chi connectivity index (χ4v) is 4.05. The number of hydrogen-bond acceptors (Lipinski definition) is 6. The first-order chi connectivity index (χ1) is 12.5. The molecule has 27 heavy (non-hydrogen) atoms. The minimum Gasteiger partial charge on any atom is -0.504 e. The van der Waals surface area contributed by atoms with Gasteiger partial charge < -0.3 is 20.5 Å². The molecule has 1 aliphatic rings. The van der Waals surface area contributed by atoms with E-state index in [0.717, 1.165) is 26.4 Å². The van der Waals surface area contributed by atoms with Crippen LogP contribution in [0.1, 0.15) is 12.5 Å². The lowest BCUT2D eigenvalue weighted by Gasteiger charge is -2.21. The fraction of sp³-hybridized carbons (Fsp3) is 0.263. The molecular formula is C19H20ClN3O3S. The molecule has 1 atom stereocenters. The number of ether oxygens (including phenoxy) is 1. The van der Waals surface area contributed by atoms with Crippen molar-refractivity contribution >= 4 is 39.9 Å². The van der Waals surface area contributed by atoms with E-state index in [1.54, 1.807) is 29.2 Å². The molecule has 0 fully saturated rings. The summed E-state index contributed by atoms with van der Waals surface area (Å²) in [4.78, 5) is 18.6. The van der Waals surface area contributed by atoms with E-state index in [1.807, 2.05) is 30.3 Å². The van der Waals surface area contributed by atoms with Crippen LogP contribution < -0.4 is 10.5 Å². The Morgan fingerprint density at radius 1 is 1.37 bits per heavy atom. The summed E-state index contributed by atoms with van der Waals surface area (Å²) in [6.45, 7) is 2.77. The van der Waals surface area contributed by atoms with Gasteiger partial charge in [-0.1, -0.05) is 12.1 Å². The first kappa shape index (κ1) is 19.4. The Morgan fingerprint density at radius 3 is 2.89 bits per heavy atom. The molecule has 3 N–H and O–H groups in total. The summed E-state index contributed by atoms with van der Waals surface area (Å²) in [6.07, 6.45) is 0. The maximum absolute atomic E-state index is 12.3. The summed E-state index contributed by atoms with van der Waals surface area (Å²) in [7, 11) is 0. The summed E-state index contributed by atoms with van der Waals surface area (Å²) in [5.41, 5.74) is 8.23. The number of benzene rings is 2. The van der Waals surface area contributed by atoms with Gasteiger partial charge in [-0.25, -0.2) is 4.98 Å². The number of nitrogens with zero attached hydrogens (tertiary/aromatic N) is 2. The number of carbonyl (C=O) groups is 1. The maximum Gasteiger partial charge on any atom is 0.239 e. The van der Waals surface area contributed by atoms with E-state index >= 15 is 0 Å². The highest BCUT2D eigenvalue weighted by molar-refractivity contribution is 7.21. The minimum absolute atomic E-state index is 0. The Hall–Kier alpha value is -2.35. The lowest BCUT2D eigenvalue weighted by atomic mass is 10.1. The molecule has 1 aromatic heterocycles. The van der Waals surface area contributed by atoms with E-state index in [0.29, 0.717) is 25.4 Å². The summed E-state index contributed by atoms with van der Waals surface area (Å²) in [5, 5.41) is 11.3. The van der Waals surface area contributed by atoms with Crippen LogP contribution in [0.25, 0.3) is 20.8 Å². The van der Waals surface area contributed by atoms with Crippen molar-refractivity contribution in [1.82, 2.24) is 9.88 Å². The lowest BCUT2D eigenvalue weighted by Crippen LogP contribution is -2.42. The monoisotopic (exact) mass is 405 g/mol. The van der Waals surface area contributed by atoms with Gasteiger partial charge in [0.15, 0.2) is 11.5 Å². The number of para-hydroxylation sites is 1. The predicted molar refractivity (Wildman–Crippen MR) is 109 cm³/mol. The van der Waals surface area contributed by atoms with Gasteiger partial charge >= 0.3 is 0 Å². The number of phenolic OH excluding ortho intramolecular Hbond substituents is 1. The van der Waals surface area contributed by atoms with Crippen molar-refractivity contribution in [3.05, 3.63) is 42.0 Å². The molecule has 1 amide bonds. The highest BCUT2D eigenvalue weighted by Crippen LogP contribution is 2.39. The van der Waals surface area contributed by atoms with Crippen molar-refractivity contribution in [3.8, 4) is 22.1 Å². The number of aromatic nitrogens is 1. The van der Waals surface area contributed by atoms with E-state index in [-0.39, 0.29) is 24.1 Å². The first-order valence-corrected chi connectivity index (χ1v) is 9.23. The van der Waals surface area contributed by atoms with Crippen molar-refractivity contribution in [3.63, 3.8) is 0 Å². The minimum atomic E-state index is -0.572. The van der Waals surface area contributed by atoms with E-state index < -0.39 is 6.04 Å².